The van der Waals surface area contributed by atoms with E-state index in [1.807, 2.05) is 11.3 Å². The molecule has 0 bridgehead atoms. The predicted octanol–water partition coefficient (Wildman–Crippen LogP) is 1.71. The van der Waals surface area contributed by atoms with Gasteiger partial charge in [0.25, 0.3) is 0 Å². The minimum Gasteiger partial charge on any atom is -0.339 e. The van der Waals surface area contributed by atoms with Gasteiger partial charge in [-0.25, -0.2) is 0 Å². The molecule has 1 N–H and O–H groups in total. The van der Waals surface area contributed by atoms with Crippen LogP contribution in [0.2, 0.25) is 0 Å². The summed E-state index contributed by atoms with van der Waals surface area (Å²) in [5, 5.41) is 9.54. The number of rotatable bonds is 6. The van der Waals surface area contributed by atoms with Gasteiger partial charge in [-0.15, -0.1) is 11.3 Å². The van der Waals surface area contributed by atoms with Crippen LogP contribution in [0.1, 0.15) is 23.0 Å². The van der Waals surface area contributed by atoms with E-state index in [0.29, 0.717) is 0 Å². The van der Waals surface area contributed by atoms with Crippen molar-refractivity contribution in [3.8, 4) is 0 Å². The molecule has 0 radical (unpaired) electrons. The maximum Gasteiger partial charge on any atom is 0.226 e. The van der Waals surface area contributed by atoms with Crippen molar-refractivity contribution in [3.05, 3.63) is 34.1 Å². The second-order valence-corrected chi connectivity index (χ2v) is 6.10. The monoisotopic (exact) mass is 292 g/mol. The molecule has 1 aliphatic rings. The molecule has 108 valence electrons. The Hall–Kier alpha value is -1.24. The van der Waals surface area contributed by atoms with Crippen LogP contribution in [0.4, 0.5) is 0 Å². The van der Waals surface area contributed by atoms with Crippen LogP contribution in [0, 0.1) is 0 Å². The van der Waals surface area contributed by atoms with Crippen LogP contribution in [-0.4, -0.2) is 41.2 Å². The first-order valence-electron chi connectivity index (χ1n) is 7.17. The quantitative estimate of drug-likeness (QED) is 0.878. The van der Waals surface area contributed by atoms with Gasteiger partial charge in [-0.3, -0.25) is 4.90 Å². The number of thiophene rings is 1. The minimum absolute atomic E-state index is 0.770. The van der Waals surface area contributed by atoms with Crippen molar-refractivity contribution in [1.82, 2.24) is 20.4 Å². The summed E-state index contributed by atoms with van der Waals surface area (Å²) in [5.41, 5.74) is 0. The van der Waals surface area contributed by atoms with E-state index in [2.05, 4.69) is 37.9 Å². The van der Waals surface area contributed by atoms with E-state index in [-0.39, 0.29) is 0 Å². The molecule has 1 fully saturated rings. The highest BCUT2D eigenvalue weighted by atomic mass is 32.1. The van der Waals surface area contributed by atoms with Crippen molar-refractivity contribution in [2.75, 3.05) is 26.2 Å². The lowest BCUT2D eigenvalue weighted by atomic mass is 10.2. The largest absolute Gasteiger partial charge is 0.339 e. The van der Waals surface area contributed by atoms with Crippen molar-refractivity contribution in [1.29, 1.82) is 0 Å². The molecular weight excluding hydrogens is 272 g/mol. The van der Waals surface area contributed by atoms with Gasteiger partial charge >= 0.3 is 0 Å². The van der Waals surface area contributed by atoms with Gasteiger partial charge < -0.3 is 9.84 Å². The zero-order valence-corrected chi connectivity index (χ0v) is 12.4. The van der Waals surface area contributed by atoms with Crippen molar-refractivity contribution < 1.29 is 4.52 Å². The molecule has 1 aliphatic heterocycles. The van der Waals surface area contributed by atoms with Crippen molar-refractivity contribution in [3.63, 3.8) is 0 Å². The predicted molar refractivity (Wildman–Crippen MR) is 78.8 cm³/mol. The van der Waals surface area contributed by atoms with Crippen molar-refractivity contribution in [2.24, 2.45) is 0 Å². The Balaban J connectivity index is 1.44. The van der Waals surface area contributed by atoms with Gasteiger partial charge in [0.15, 0.2) is 5.82 Å². The molecule has 3 heterocycles. The van der Waals surface area contributed by atoms with E-state index in [4.69, 9.17) is 4.52 Å². The molecule has 2 aromatic heterocycles. The molecule has 0 aliphatic carbocycles. The lowest BCUT2D eigenvalue weighted by molar-refractivity contribution is 0.224. The van der Waals surface area contributed by atoms with Gasteiger partial charge in [-0.1, -0.05) is 11.2 Å². The zero-order chi connectivity index (χ0) is 13.6. The number of nitrogens with one attached hydrogen (secondary N) is 1. The Kier molecular flexibility index (Phi) is 4.78. The van der Waals surface area contributed by atoms with Gasteiger partial charge in [-0.2, -0.15) is 4.98 Å². The second kappa shape index (κ2) is 6.97. The number of hydrogen-bond acceptors (Lipinski definition) is 6. The van der Waals surface area contributed by atoms with E-state index < -0.39 is 0 Å². The highest BCUT2D eigenvalue weighted by Crippen LogP contribution is 2.13. The summed E-state index contributed by atoms with van der Waals surface area (Å²) in [6.07, 6.45) is 3.02. The fourth-order valence-electron chi connectivity index (χ4n) is 2.39. The van der Waals surface area contributed by atoms with Crippen LogP contribution in [0.25, 0.3) is 0 Å². The lowest BCUT2D eigenvalue weighted by Gasteiger charge is -2.25. The lowest BCUT2D eigenvalue weighted by Crippen LogP contribution is -2.43. The number of piperazine rings is 1. The number of aromatic nitrogens is 2. The molecule has 0 spiro atoms. The molecule has 0 aromatic carbocycles. The van der Waals surface area contributed by atoms with Crippen LogP contribution < -0.4 is 5.32 Å². The standard InChI is InChI=1S/C14H20N4OS/c1(3-12-4-2-10-20-12)5-14-16-13(17-19-14)11-18-8-6-15-7-9-18/h2,4,10,15H,1,3,5-9,11H2. The molecule has 0 atom stereocenters. The zero-order valence-electron chi connectivity index (χ0n) is 11.5. The van der Waals surface area contributed by atoms with Gasteiger partial charge in [0, 0.05) is 37.5 Å². The minimum atomic E-state index is 0.770. The summed E-state index contributed by atoms with van der Waals surface area (Å²) in [6, 6.07) is 4.27. The first-order chi connectivity index (χ1) is 9.90. The summed E-state index contributed by atoms with van der Waals surface area (Å²) in [7, 11) is 0. The fourth-order valence-corrected chi connectivity index (χ4v) is 3.15. The molecule has 0 unspecified atom stereocenters. The van der Waals surface area contributed by atoms with E-state index in [1.54, 1.807) is 0 Å². The second-order valence-electron chi connectivity index (χ2n) is 5.06. The third-order valence-electron chi connectivity index (χ3n) is 3.48. The average molecular weight is 292 g/mol. The maximum atomic E-state index is 5.33. The van der Waals surface area contributed by atoms with E-state index in [9.17, 15) is 0 Å². The number of nitrogens with zero attached hydrogens (tertiary/aromatic N) is 3. The molecule has 0 saturated carbocycles. The first kappa shape index (κ1) is 13.7. The third kappa shape index (κ3) is 3.88. The van der Waals surface area contributed by atoms with E-state index in [1.165, 1.54) is 4.88 Å². The Morgan fingerprint density at radius 2 is 2.20 bits per heavy atom. The highest BCUT2D eigenvalue weighted by Gasteiger charge is 2.13. The smallest absolute Gasteiger partial charge is 0.226 e. The Bertz CT molecular complexity index is 505. The van der Waals surface area contributed by atoms with E-state index in [0.717, 1.165) is 63.7 Å². The van der Waals surface area contributed by atoms with Crippen LogP contribution >= 0.6 is 11.3 Å². The van der Waals surface area contributed by atoms with Gasteiger partial charge in [-0.05, 0) is 24.3 Å². The topological polar surface area (TPSA) is 54.2 Å². The maximum absolute atomic E-state index is 5.33. The summed E-state index contributed by atoms with van der Waals surface area (Å²) < 4.78 is 5.33. The summed E-state index contributed by atoms with van der Waals surface area (Å²) in [5.74, 6) is 1.59. The van der Waals surface area contributed by atoms with Gasteiger partial charge in [0.05, 0.1) is 6.54 Å². The van der Waals surface area contributed by atoms with E-state index >= 15 is 0 Å². The summed E-state index contributed by atoms with van der Waals surface area (Å²) in [4.78, 5) is 8.27. The molecule has 5 nitrogen and oxygen atoms in total. The van der Waals surface area contributed by atoms with Gasteiger partial charge in [0.2, 0.25) is 5.89 Å². The van der Waals surface area contributed by atoms with Crippen LogP contribution in [0.15, 0.2) is 22.0 Å². The molecule has 20 heavy (non-hydrogen) atoms. The number of aryl methyl sites for hydroxylation is 2. The molecule has 1 saturated heterocycles. The average Bonchev–Trinajstić information content (AvgIpc) is 3.12. The van der Waals surface area contributed by atoms with Crippen LogP contribution in [0.3, 0.4) is 0 Å². The summed E-state index contributed by atoms with van der Waals surface area (Å²) >= 11 is 1.81. The van der Waals surface area contributed by atoms with Crippen molar-refractivity contribution >= 4 is 11.3 Å². The van der Waals surface area contributed by atoms with Crippen LogP contribution in [0.5, 0.6) is 0 Å². The molecule has 6 heteroatoms. The van der Waals surface area contributed by atoms with Crippen molar-refractivity contribution in [2.45, 2.75) is 25.8 Å². The molecule has 2 aromatic rings. The number of hydrogen-bond donors (Lipinski definition) is 1. The first-order valence-corrected chi connectivity index (χ1v) is 8.05. The summed E-state index contributed by atoms with van der Waals surface area (Å²) in [6.45, 7) is 5.01. The Labute approximate surface area is 123 Å². The Morgan fingerprint density at radius 1 is 1.30 bits per heavy atom. The Morgan fingerprint density at radius 3 is 3.00 bits per heavy atom. The van der Waals surface area contributed by atoms with Crippen LogP contribution in [-0.2, 0) is 19.4 Å². The molecule has 0 amide bonds. The normalized spacial score (nSPS) is 16.6. The van der Waals surface area contributed by atoms with Gasteiger partial charge in [0.1, 0.15) is 0 Å². The molecular formula is C14H20N4OS. The third-order valence-corrected chi connectivity index (χ3v) is 4.41. The molecule has 3 rings (SSSR count). The SMILES string of the molecule is c1csc(CCCc2nc(CN3CCNCC3)no2)c1. The highest BCUT2D eigenvalue weighted by molar-refractivity contribution is 7.09. The fraction of sp³-hybridized carbons (Fsp3) is 0.571.